The molecule has 9 heteroatoms. The van der Waals surface area contributed by atoms with Crippen LogP contribution in [-0.2, 0) is 14.4 Å². The monoisotopic (exact) mass is 564 g/mol. The van der Waals surface area contributed by atoms with Gasteiger partial charge < -0.3 is 10.2 Å². The topological polar surface area (TPSA) is 107 Å². The van der Waals surface area contributed by atoms with E-state index in [0.29, 0.717) is 15.7 Å². The van der Waals surface area contributed by atoms with Gasteiger partial charge in [0.2, 0.25) is 11.8 Å². The van der Waals surface area contributed by atoms with Crippen molar-refractivity contribution in [2.45, 2.75) is 31.8 Å². The summed E-state index contributed by atoms with van der Waals surface area (Å²) in [6.45, 7) is 3.75. The first kappa shape index (κ1) is 22.9. The van der Waals surface area contributed by atoms with Gasteiger partial charge in [-0.25, -0.2) is 4.90 Å². The fraction of sp³-hybridized carbons (Fsp3) is 0.348. The Morgan fingerprint density at radius 1 is 1.09 bits per heavy atom. The zero-order valence-electron chi connectivity index (χ0n) is 17.4. The average molecular weight is 566 g/mol. The number of nitrogens with one attached hydrogen (secondary N) is 1. The number of fused-ring (bicyclic) bond motifs is 1. The number of imide groups is 1. The van der Waals surface area contributed by atoms with Crippen molar-refractivity contribution in [3.63, 3.8) is 0 Å². The maximum atomic E-state index is 13.6. The van der Waals surface area contributed by atoms with Gasteiger partial charge in [0.25, 0.3) is 0 Å². The Labute approximate surface area is 202 Å². The van der Waals surface area contributed by atoms with Gasteiger partial charge in [0, 0.05) is 20.6 Å². The fourth-order valence-electron chi connectivity index (χ4n) is 5.00. The van der Waals surface area contributed by atoms with Gasteiger partial charge in [-0.2, -0.15) is 0 Å². The van der Waals surface area contributed by atoms with Crippen molar-refractivity contribution < 1.29 is 24.6 Å². The number of aromatic hydroxyl groups is 1. The van der Waals surface area contributed by atoms with Crippen molar-refractivity contribution in [3.05, 3.63) is 57.0 Å². The van der Waals surface area contributed by atoms with Crippen LogP contribution in [0.4, 0.5) is 5.69 Å². The van der Waals surface area contributed by atoms with E-state index in [4.69, 9.17) is 0 Å². The number of carbonyl (C=O) groups is 3. The maximum Gasteiger partial charge on any atom is 0.324 e. The SMILES string of the molecule is CC(C)C[C@]1(C(=O)O)N[C@H](c2cc(Br)ccc2O)[C@H]2C(=O)N(c3ccc(Br)cc3)C(=O)[C@H]21. The van der Waals surface area contributed by atoms with Crippen LogP contribution in [-0.4, -0.2) is 33.5 Å². The van der Waals surface area contributed by atoms with E-state index in [1.54, 1.807) is 36.4 Å². The van der Waals surface area contributed by atoms with E-state index < -0.39 is 41.2 Å². The minimum Gasteiger partial charge on any atom is -0.508 e. The van der Waals surface area contributed by atoms with Crippen LogP contribution in [0, 0.1) is 17.8 Å². The summed E-state index contributed by atoms with van der Waals surface area (Å²) in [5.74, 6) is -4.42. The molecule has 2 aromatic carbocycles. The van der Waals surface area contributed by atoms with Crippen LogP contribution in [0.15, 0.2) is 51.4 Å². The third-order valence-corrected chi connectivity index (χ3v) is 7.20. The highest BCUT2D eigenvalue weighted by molar-refractivity contribution is 9.10. The number of phenols is 1. The Morgan fingerprint density at radius 3 is 2.31 bits per heavy atom. The van der Waals surface area contributed by atoms with Crippen molar-refractivity contribution in [3.8, 4) is 5.75 Å². The maximum absolute atomic E-state index is 13.6. The molecule has 0 spiro atoms. The summed E-state index contributed by atoms with van der Waals surface area (Å²) in [5, 5.41) is 24.0. The largest absolute Gasteiger partial charge is 0.508 e. The van der Waals surface area contributed by atoms with Gasteiger partial charge in [0.1, 0.15) is 11.3 Å². The number of phenolic OH excluding ortho intramolecular Hbond substituents is 1. The minimum absolute atomic E-state index is 0.0567. The summed E-state index contributed by atoms with van der Waals surface area (Å²) in [6.07, 6.45) is 0.155. The number of carboxylic acids is 1. The molecule has 32 heavy (non-hydrogen) atoms. The predicted octanol–water partition coefficient (Wildman–Crippen LogP) is 4.24. The van der Waals surface area contributed by atoms with Gasteiger partial charge in [-0.05, 0) is 54.8 Å². The molecule has 2 aliphatic heterocycles. The van der Waals surface area contributed by atoms with Gasteiger partial charge in [0.05, 0.1) is 17.5 Å². The first-order valence-electron chi connectivity index (χ1n) is 10.2. The van der Waals surface area contributed by atoms with Crippen molar-refractivity contribution >= 4 is 55.3 Å². The number of hydrogen-bond donors (Lipinski definition) is 3. The number of anilines is 1. The van der Waals surface area contributed by atoms with Crippen LogP contribution in [0.3, 0.4) is 0 Å². The Bertz CT molecular complexity index is 1100. The van der Waals surface area contributed by atoms with E-state index in [0.717, 1.165) is 9.37 Å². The molecule has 7 nitrogen and oxygen atoms in total. The van der Waals surface area contributed by atoms with Crippen molar-refractivity contribution in [2.75, 3.05) is 4.90 Å². The lowest BCUT2D eigenvalue weighted by Gasteiger charge is -2.32. The summed E-state index contributed by atoms with van der Waals surface area (Å²) < 4.78 is 1.46. The minimum atomic E-state index is -1.64. The molecule has 0 radical (unpaired) electrons. The van der Waals surface area contributed by atoms with E-state index in [9.17, 15) is 24.6 Å². The summed E-state index contributed by atoms with van der Waals surface area (Å²) in [6, 6.07) is 10.7. The van der Waals surface area contributed by atoms with Gasteiger partial charge in [0.15, 0.2) is 0 Å². The molecule has 0 aromatic heterocycles. The number of rotatable bonds is 5. The highest BCUT2D eigenvalue weighted by Crippen LogP contribution is 2.53. The standard InChI is InChI=1S/C23H22Br2N2O5/c1-11(2)10-23(22(31)32)18-17(19(26-23)15-9-13(25)5-8-16(15)28)20(29)27(21(18)30)14-6-3-12(24)4-7-14/h3-9,11,17-19,26,28H,10H2,1-2H3,(H,31,32)/t17-,18-,19+,23-/m0/s1. The number of halogens is 2. The smallest absolute Gasteiger partial charge is 0.324 e. The highest BCUT2D eigenvalue weighted by Gasteiger charge is 2.68. The molecule has 168 valence electrons. The van der Waals surface area contributed by atoms with Gasteiger partial charge >= 0.3 is 5.97 Å². The second-order valence-corrected chi connectivity index (χ2v) is 10.5. The lowest BCUT2D eigenvalue weighted by Crippen LogP contribution is -2.56. The summed E-state index contributed by atoms with van der Waals surface area (Å²) in [5.41, 5.74) is -0.881. The van der Waals surface area contributed by atoms with Crippen LogP contribution in [0.1, 0.15) is 31.9 Å². The second kappa shape index (κ2) is 8.28. The van der Waals surface area contributed by atoms with Crippen molar-refractivity contribution in [1.29, 1.82) is 0 Å². The molecule has 2 saturated heterocycles. The summed E-state index contributed by atoms with van der Waals surface area (Å²) in [4.78, 5) is 41.0. The zero-order valence-corrected chi connectivity index (χ0v) is 20.6. The molecule has 2 aliphatic rings. The molecule has 0 saturated carbocycles. The molecule has 4 atom stereocenters. The third-order valence-electron chi connectivity index (χ3n) is 6.18. The number of carboxylic acid groups (broad SMARTS) is 1. The van der Waals surface area contributed by atoms with E-state index in [1.807, 2.05) is 13.8 Å². The van der Waals surface area contributed by atoms with Crippen LogP contribution < -0.4 is 10.2 Å². The Hall–Kier alpha value is -2.23. The molecule has 3 N–H and O–H groups in total. The lowest BCUT2D eigenvalue weighted by atomic mass is 9.75. The first-order chi connectivity index (χ1) is 15.1. The second-order valence-electron chi connectivity index (χ2n) is 8.69. The zero-order chi connectivity index (χ0) is 23.4. The summed E-state index contributed by atoms with van der Waals surface area (Å²) >= 11 is 6.72. The molecule has 2 aromatic rings. The van der Waals surface area contributed by atoms with E-state index in [2.05, 4.69) is 37.2 Å². The van der Waals surface area contributed by atoms with Gasteiger partial charge in [-0.3, -0.25) is 19.7 Å². The highest BCUT2D eigenvalue weighted by atomic mass is 79.9. The predicted molar refractivity (Wildman–Crippen MR) is 125 cm³/mol. The van der Waals surface area contributed by atoms with Gasteiger partial charge in [-0.15, -0.1) is 0 Å². The lowest BCUT2D eigenvalue weighted by molar-refractivity contribution is -0.149. The number of amides is 2. The molecular formula is C23H22Br2N2O5. The van der Waals surface area contributed by atoms with Crippen LogP contribution in [0.2, 0.25) is 0 Å². The Morgan fingerprint density at radius 2 is 1.72 bits per heavy atom. The molecular weight excluding hydrogens is 544 g/mol. The molecule has 0 bridgehead atoms. The fourth-order valence-corrected chi connectivity index (χ4v) is 5.65. The molecule has 2 heterocycles. The molecule has 4 rings (SSSR count). The Balaban J connectivity index is 1.89. The third kappa shape index (κ3) is 3.56. The van der Waals surface area contributed by atoms with E-state index in [-0.39, 0.29) is 18.1 Å². The molecule has 0 unspecified atom stereocenters. The Kier molecular flexibility index (Phi) is 5.94. The van der Waals surface area contributed by atoms with Crippen molar-refractivity contribution in [1.82, 2.24) is 5.32 Å². The van der Waals surface area contributed by atoms with Gasteiger partial charge in [-0.1, -0.05) is 45.7 Å². The van der Waals surface area contributed by atoms with Crippen LogP contribution in [0.5, 0.6) is 5.75 Å². The van der Waals surface area contributed by atoms with Crippen LogP contribution in [0.25, 0.3) is 0 Å². The number of nitrogens with zero attached hydrogens (tertiary/aromatic N) is 1. The summed E-state index contributed by atoms with van der Waals surface area (Å²) in [7, 11) is 0. The normalized spacial score (nSPS) is 27.3. The number of carbonyl (C=O) groups excluding carboxylic acids is 2. The molecule has 0 aliphatic carbocycles. The first-order valence-corrected chi connectivity index (χ1v) is 11.8. The van der Waals surface area contributed by atoms with E-state index >= 15 is 0 Å². The van der Waals surface area contributed by atoms with Crippen molar-refractivity contribution in [2.24, 2.45) is 17.8 Å². The average Bonchev–Trinajstić information content (AvgIpc) is 3.19. The number of aliphatic carboxylic acids is 1. The quantitative estimate of drug-likeness (QED) is 0.468. The van der Waals surface area contributed by atoms with E-state index in [1.165, 1.54) is 6.07 Å². The molecule has 2 fully saturated rings. The molecule has 2 amide bonds. The number of hydrogen-bond acceptors (Lipinski definition) is 5. The number of benzene rings is 2. The van der Waals surface area contributed by atoms with Crippen LogP contribution >= 0.6 is 31.9 Å².